The first-order valence-corrected chi connectivity index (χ1v) is 5.11. The van der Waals surface area contributed by atoms with Crippen molar-refractivity contribution >= 4 is 56.7 Å². The van der Waals surface area contributed by atoms with E-state index in [1.54, 1.807) is 0 Å². The number of rotatable bonds is 3. The summed E-state index contributed by atoms with van der Waals surface area (Å²) in [4.78, 5) is 16.8. The second-order valence-electron chi connectivity index (χ2n) is 2.68. The zero-order chi connectivity index (χ0) is 10.1. The van der Waals surface area contributed by atoms with Crippen LogP contribution in [0.3, 0.4) is 0 Å². The Labute approximate surface area is 121 Å². The number of ether oxygens (including phenoxy) is 1. The molecule has 1 heterocycles. The van der Waals surface area contributed by atoms with Crippen molar-refractivity contribution in [2.24, 2.45) is 0 Å². The van der Waals surface area contributed by atoms with Crippen LogP contribution < -0.4 is 0 Å². The minimum absolute atomic E-state index is 0. The molecule has 4 N–H and O–H groups in total. The molecule has 1 fully saturated rings. The van der Waals surface area contributed by atoms with Crippen molar-refractivity contribution in [1.82, 2.24) is 0 Å². The third-order valence-corrected chi connectivity index (χ3v) is 2.23. The van der Waals surface area contributed by atoms with Crippen LogP contribution in [-0.2, 0) is 13.8 Å². The summed E-state index contributed by atoms with van der Waals surface area (Å²) in [6.45, 7) is -0.556. The van der Waals surface area contributed by atoms with E-state index in [0.29, 0.717) is 0 Å². The summed E-state index contributed by atoms with van der Waals surface area (Å²) in [5, 5.41) is 17.9. The topological polar surface area (TPSA) is 116 Å². The molecule has 1 aliphatic heterocycles. The predicted octanol–water partition coefficient (Wildman–Crippen LogP) is -2.70. The van der Waals surface area contributed by atoms with E-state index >= 15 is 0 Å². The van der Waals surface area contributed by atoms with Crippen molar-refractivity contribution in [2.75, 3.05) is 13.2 Å². The number of aliphatic hydroxyl groups excluding tert-OH is 2. The molecule has 0 radical (unpaired) electrons. The summed E-state index contributed by atoms with van der Waals surface area (Å²) < 4.78 is 19.4. The number of phosphoric ester groups is 1. The number of hydrogen-bond acceptors (Lipinski definition) is 5. The second-order valence-corrected chi connectivity index (χ2v) is 3.87. The average Bonchev–Trinajstić information content (AvgIpc) is 2.30. The fourth-order valence-electron chi connectivity index (χ4n) is 1.08. The van der Waals surface area contributed by atoms with Crippen molar-refractivity contribution in [1.29, 1.82) is 0 Å². The molecule has 1 saturated heterocycles. The second kappa shape index (κ2) is 6.33. The van der Waals surface area contributed by atoms with Crippen molar-refractivity contribution in [2.45, 2.75) is 18.3 Å². The molecular formula is C5H13BaO7P. The van der Waals surface area contributed by atoms with Gasteiger partial charge in [0.05, 0.1) is 13.2 Å². The van der Waals surface area contributed by atoms with Gasteiger partial charge in [0.25, 0.3) is 0 Å². The Balaban J connectivity index is 0.00000169. The van der Waals surface area contributed by atoms with Crippen LogP contribution in [0.1, 0.15) is 0 Å². The molecule has 0 saturated carbocycles. The van der Waals surface area contributed by atoms with Crippen LogP contribution in [0.15, 0.2) is 0 Å². The molecule has 1 rings (SSSR count). The van der Waals surface area contributed by atoms with Crippen LogP contribution >= 0.6 is 7.82 Å². The summed E-state index contributed by atoms with van der Waals surface area (Å²) in [5.74, 6) is 0. The monoisotopic (exact) mass is 354 g/mol. The van der Waals surface area contributed by atoms with Gasteiger partial charge in [0.15, 0.2) is 0 Å². The molecule has 0 aromatic rings. The van der Waals surface area contributed by atoms with E-state index in [-0.39, 0.29) is 55.5 Å². The number of aliphatic hydroxyl groups is 2. The zero-order valence-corrected chi connectivity index (χ0v) is 7.50. The Morgan fingerprint density at radius 3 is 2.43 bits per heavy atom. The molecule has 0 aliphatic carbocycles. The van der Waals surface area contributed by atoms with Gasteiger partial charge in [-0.15, -0.1) is 0 Å². The molecule has 0 spiro atoms. The number of phosphoric acid groups is 1. The molecule has 0 aromatic heterocycles. The number of hydrogen-bond donors (Lipinski definition) is 4. The summed E-state index contributed by atoms with van der Waals surface area (Å²) in [6, 6.07) is 0. The molecule has 1 aliphatic rings. The van der Waals surface area contributed by atoms with Gasteiger partial charge >= 0.3 is 56.7 Å². The molecule has 14 heavy (non-hydrogen) atoms. The van der Waals surface area contributed by atoms with E-state index in [4.69, 9.17) is 19.6 Å². The third kappa shape index (κ3) is 4.60. The average molecular weight is 353 g/mol. The molecule has 0 amide bonds. The van der Waals surface area contributed by atoms with E-state index in [9.17, 15) is 9.67 Å². The van der Waals surface area contributed by atoms with Crippen LogP contribution in [0.4, 0.5) is 0 Å². The van der Waals surface area contributed by atoms with Crippen LogP contribution in [0.5, 0.6) is 0 Å². The van der Waals surface area contributed by atoms with E-state index in [2.05, 4.69) is 4.52 Å². The zero-order valence-electron chi connectivity index (χ0n) is 6.61. The van der Waals surface area contributed by atoms with E-state index in [1.807, 2.05) is 0 Å². The third-order valence-electron chi connectivity index (χ3n) is 1.69. The molecular weight excluding hydrogens is 340 g/mol. The van der Waals surface area contributed by atoms with Crippen LogP contribution in [0, 0.1) is 0 Å². The van der Waals surface area contributed by atoms with E-state index in [0.717, 1.165) is 0 Å². The molecule has 9 heteroatoms. The first-order valence-electron chi connectivity index (χ1n) is 3.58. The molecule has 82 valence electrons. The summed E-state index contributed by atoms with van der Waals surface area (Å²) in [5.41, 5.74) is 0. The SMILES string of the molecule is O=P(O)(O)OC1CO[C@H](CO)[C@H]1O.[BaH2]. The van der Waals surface area contributed by atoms with Crippen molar-refractivity contribution < 1.29 is 33.8 Å². The summed E-state index contributed by atoms with van der Waals surface area (Å²) >= 11 is 0. The standard InChI is InChI=1S/C5H11O7P.Ba.2H/c6-1-3-5(7)4(2-11-3)12-13(8,9)10;;;/h3-7H,1-2H2,(H2,8,9,10);;;/t3-,4?,5-;;;/m1.../s1. The Bertz CT molecular complexity index is 218. The Kier molecular flexibility index (Phi) is 7.04. The predicted molar refractivity (Wildman–Crippen MR) is 48.3 cm³/mol. The summed E-state index contributed by atoms with van der Waals surface area (Å²) in [7, 11) is -4.61. The fourth-order valence-corrected chi connectivity index (χ4v) is 1.62. The summed E-state index contributed by atoms with van der Waals surface area (Å²) in [6.07, 6.45) is -3.13. The van der Waals surface area contributed by atoms with E-state index in [1.165, 1.54) is 0 Å². The molecule has 0 aromatic carbocycles. The van der Waals surface area contributed by atoms with Gasteiger partial charge in [0, 0.05) is 0 Å². The Hall–Kier alpha value is 1.56. The van der Waals surface area contributed by atoms with Crippen LogP contribution in [0.2, 0.25) is 0 Å². The molecule has 7 nitrogen and oxygen atoms in total. The maximum absolute atomic E-state index is 10.4. The Morgan fingerprint density at radius 1 is 1.50 bits per heavy atom. The van der Waals surface area contributed by atoms with Gasteiger partial charge in [0.2, 0.25) is 0 Å². The minimum atomic E-state index is -4.61. The molecule has 3 atom stereocenters. The van der Waals surface area contributed by atoms with Gasteiger partial charge in [-0.2, -0.15) is 0 Å². The van der Waals surface area contributed by atoms with Gasteiger partial charge in [-0.1, -0.05) is 0 Å². The van der Waals surface area contributed by atoms with Gasteiger partial charge in [0.1, 0.15) is 18.3 Å². The first kappa shape index (κ1) is 15.6. The van der Waals surface area contributed by atoms with Crippen LogP contribution in [0.25, 0.3) is 0 Å². The molecule has 0 bridgehead atoms. The maximum atomic E-state index is 10.4. The van der Waals surface area contributed by atoms with Crippen molar-refractivity contribution in [3.63, 3.8) is 0 Å². The first-order chi connectivity index (χ1) is 5.94. The quantitative estimate of drug-likeness (QED) is 0.322. The Morgan fingerprint density at radius 2 is 2.07 bits per heavy atom. The fraction of sp³-hybridized carbons (Fsp3) is 1.00. The van der Waals surface area contributed by atoms with Gasteiger partial charge in [-0.3, -0.25) is 4.52 Å². The molecule has 1 unspecified atom stereocenters. The normalized spacial score (nSPS) is 32.7. The van der Waals surface area contributed by atoms with Crippen molar-refractivity contribution in [3.05, 3.63) is 0 Å². The van der Waals surface area contributed by atoms with Gasteiger partial charge in [-0.25, -0.2) is 4.57 Å². The van der Waals surface area contributed by atoms with Gasteiger partial charge < -0.3 is 24.7 Å². The van der Waals surface area contributed by atoms with Crippen molar-refractivity contribution in [3.8, 4) is 0 Å². The van der Waals surface area contributed by atoms with Gasteiger partial charge in [-0.05, 0) is 0 Å². The van der Waals surface area contributed by atoms with E-state index < -0.39 is 32.7 Å². The van der Waals surface area contributed by atoms with Crippen LogP contribution in [-0.4, -0.2) is 100 Å².